The van der Waals surface area contributed by atoms with Crippen LogP contribution in [0.2, 0.25) is 0 Å². The summed E-state index contributed by atoms with van der Waals surface area (Å²) in [5, 5.41) is 8.87. The molecular weight excluding hydrogens is 446 g/mol. The van der Waals surface area contributed by atoms with Crippen molar-refractivity contribution < 1.29 is 19.1 Å². The molecule has 0 saturated carbocycles. The van der Waals surface area contributed by atoms with Gasteiger partial charge in [0.25, 0.3) is 0 Å². The van der Waals surface area contributed by atoms with Crippen molar-refractivity contribution in [3.63, 3.8) is 0 Å². The lowest BCUT2D eigenvalue weighted by atomic mass is 10.1. The highest BCUT2D eigenvalue weighted by Gasteiger charge is 2.24. The number of anilines is 1. The van der Waals surface area contributed by atoms with E-state index in [4.69, 9.17) is 9.47 Å². The summed E-state index contributed by atoms with van der Waals surface area (Å²) in [6.45, 7) is 10.4. The molecule has 0 aliphatic carbocycles. The normalized spacial score (nSPS) is 13.9. The average Bonchev–Trinajstić information content (AvgIpc) is 3.14. The minimum atomic E-state index is -0.165. The quantitative estimate of drug-likeness (QED) is 0.509. The van der Waals surface area contributed by atoms with E-state index in [2.05, 4.69) is 21.7 Å². The second-order valence-corrected chi connectivity index (χ2v) is 8.73. The second-order valence-electron chi connectivity index (χ2n) is 8.73. The lowest BCUT2D eigenvalue weighted by Crippen LogP contribution is -2.45. The maximum Gasteiger partial charge on any atom is 0.242 e. The predicted molar refractivity (Wildman–Crippen MR) is 136 cm³/mol. The van der Waals surface area contributed by atoms with Gasteiger partial charge in [0, 0.05) is 50.3 Å². The molecule has 1 aliphatic rings. The summed E-state index contributed by atoms with van der Waals surface area (Å²) in [5.41, 5.74) is 1.54. The van der Waals surface area contributed by atoms with Crippen molar-refractivity contribution in [3.05, 3.63) is 43.0 Å². The molecule has 9 nitrogen and oxygen atoms in total. The number of carbonyl (C=O) groups excluding carboxylic acids is 2. The van der Waals surface area contributed by atoms with E-state index in [1.807, 2.05) is 49.1 Å². The van der Waals surface area contributed by atoms with Gasteiger partial charge in [-0.25, -0.2) is 0 Å². The largest absolute Gasteiger partial charge is 0.497 e. The van der Waals surface area contributed by atoms with E-state index in [0.29, 0.717) is 43.4 Å². The monoisotopic (exact) mass is 481 g/mol. The van der Waals surface area contributed by atoms with Gasteiger partial charge in [0.05, 0.1) is 19.9 Å². The molecule has 1 aromatic carbocycles. The van der Waals surface area contributed by atoms with E-state index >= 15 is 0 Å². The minimum absolute atomic E-state index is 0.0430. The summed E-state index contributed by atoms with van der Waals surface area (Å²) in [7, 11) is 3.22. The van der Waals surface area contributed by atoms with E-state index in [0.717, 1.165) is 24.3 Å². The van der Waals surface area contributed by atoms with E-state index in [-0.39, 0.29) is 24.3 Å². The van der Waals surface area contributed by atoms with Crippen LogP contribution in [-0.2, 0) is 9.59 Å². The summed E-state index contributed by atoms with van der Waals surface area (Å²) >= 11 is 0. The standard InChI is InChI=1S/C26H35N5O4/c1-6-12-31(26(33)19(2)3)18-25(32)30-14-7-13-29(15-16-30)24-11-10-22(27-28-24)21-9-8-20(34-4)17-23(21)35-5/h6,8-11,17,19H,1,7,12-16,18H2,2-5H3. The number of amides is 2. The Balaban J connectivity index is 1.65. The first kappa shape index (κ1) is 26.0. The Morgan fingerprint density at radius 1 is 1.09 bits per heavy atom. The molecule has 0 unspecified atom stereocenters. The van der Waals surface area contributed by atoms with Gasteiger partial charge < -0.3 is 24.2 Å². The number of rotatable bonds is 9. The lowest BCUT2D eigenvalue weighted by molar-refractivity contribution is -0.141. The first-order chi connectivity index (χ1) is 16.9. The van der Waals surface area contributed by atoms with Crippen LogP contribution in [0.25, 0.3) is 11.3 Å². The first-order valence-electron chi connectivity index (χ1n) is 11.9. The summed E-state index contributed by atoms with van der Waals surface area (Å²) in [5.74, 6) is 1.88. The first-order valence-corrected chi connectivity index (χ1v) is 11.9. The molecule has 3 rings (SSSR count). The molecule has 35 heavy (non-hydrogen) atoms. The SMILES string of the molecule is C=CCN(CC(=O)N1CCCN(c2ccc(-c3ccc(OC)cc3OC)nn2)CC1)C(=O)C(C)C. The van der Waals surface area contributed by atoms with Crippen molar-refractivity contribution in [2.45, 2.75) is 20.3 Å². The summed E-state index contributed by atoms with van der Waals surface area (Å²) in [4.78, 5) is 30.9. The zero-order chi connectivity index (χ0) is 25.4. The molecule has 0 radical (unpaired) electrons. The molecule has 1 saturated heterocycles. The number of carbonyl (C=O) groups is 2. The highest BCUT2D eigenvalue weighted by molar-refractivity contribution is 5.85. The van der Waals surface area contributed by atoms with Gasteiger partial charge in [-0.2, -0.15) is 0 Å². The number of ether oxygens (including phenoxy) is 2. The van der Waals surface area contributed by atoms with Crippen LogP contribution in [0.4, 0.5) is 5.82 Å². The van der Waals surface area contributed by atoms with Crippen LogP contribution in [0.15, 0.2) is 43.0 Å². The molecule has 2 heterocycles. The Bertz CT molecular complexity index is 1020. The van der Waals surface area contributed by atoms with Gasteiger partial charge in [-0.15, -0.1) is 16.8 Å². The third-order valence-corrected chi connectivity index (χ3v) is 5.99. The van der Waals surface area contributed by atoms with Crippen LogP contribution in [0.3, 0.4) is 0 Å². The molecular formula is C26H35N5O4. The van der Waals surface area contributed by atoms with Gasteiger partial charge in [0.2, 0.25) is 11.8 Å². The highest BCUT2D eigenvalue weighted by Crippen LogP contribution is 2.32. The van der Waals surface area contributed by atoms with Gasteiger partial charge in [-0.05, 0) is 30.7 Å². The zero-order valence-corrected chi connectivity index (χ0v) is 21.1. The summed E-state index contributed by atoms with van der Waals surface area (Å²) in [6, 6.07) is 9.44. The number of hydrogen-bond acceptors (Lipinski definition) is 7. The van der Waals surface area contributed by atoms with Crippen LogP contribution in [0.1, 0.15) is 20.3 Å². The van der Waals surface area contributed by atoms with Crippen molar-refractivity contribution in [1.82, 2.24) is 20.0 Å². The van der Waals surface area contributed by atoms with Crippen LogP contribution < -0.4 is 14.4 Å². The Labute approximate surface area is 207 Å². The van der Waals surface area contributed by atoms with Crippen LogP contribution in [0, 0.1) is 5.92 Å². The Hall–Kier alpha value is -3.62. The van der Waals surface area contributed by atoms with Gasteiger partial charge in [-0.1, -0.05) is 19.9 Å². The Morgan fingerprint density at radius 3 is 2.51 bits per heavy atom. The third kappa shape index (κ3) is 6.49. The van der Waals surface area contributed by atoms with E-state index < -0.39 is 0 Å². The summed E-state index contributed by atoms with van der Waals surface area (Å²) in [6.07, 6.45) is 2.46. The minimum Gasteiger partial charge on any atom is -0.497 e. The molecule has 2 aromatic rings. The molecule has 0 bridgehead atoms. The fourth-order valence-corrected chi connectivity index (χ4v) is 4.06. The molecule has 2 amide bonds. The molecule has 1 aliphatic heterocycles. The van der Waals surface area contributed by atoms with Crippen molar-refractivity contribution in [2.75, 3.05) is 58.4 Å². The number of aromatic nitrogens is 2. The second kappa shape index (κ2) is 12.2. The van der Waals surface area contributed by atoms with E-state index in [1.54, 1.807) is 25.2 Å². The highest BCUT2D eigenvalue weighted by atomic mass is 16.5. The topological polar surface area (TPSA) is 88.1 Å². The number of hydrogen-bond donors (Lipinski definition) is 0. The van der Waals surface area contributed by atoms with E-state index in [1.165, 1.54) is 0 Å². The fraction of sp³-hybridized carbons (Fsp3) is 0.462. The zero-order valence-electron chi connectivity index (χ0n) is 21.1. The van der Waals surface area contributed by atoms with Crippen LogP contribution in [-0.4, -0.2) is 85.3 Å². The van der Waals surface area contributed by atoms with Gasteiger partial charge in [0.15, 0.2) is 5.82 Å². The molecule has 188 valence electrons. The maximum atomic E-state index is 12.9. The van der Waals surface area contributed by atoms with Crippen LogP contribution in [0.5, 0.6) is 11.5 Å². The molecule has 0 atom stereocenters. The Kier molecular flexibility index (Phi) is 9.05. The summed E-state index contributed by atoms with van der Waals surface area (Å²) < 4.78 is 10.7. The fourth-order valence-electron chi connectivity index (χ4n) is 4.06. The Morgan fingerprint density at radius 2 is 1.89 bits per heavy atom. The molecule has 1 fully saturated rings. The molecule has 0 N–H and O–H groups in total. The molecule has 9 heteroatoms. The predicted octanol–water partition coefficient (Wildman–Crippen LogP) is 2.87. The van der Waals surface area contributed by atoms with Crippen molar-refractivity contribution >= 4 is 17.6 Å². The van der Waals surface area contributed by atoms with Gasteiger partial charge in [-0.3, -0.25) is 9.59 Å². The number of methoxy groups -OCH3 is 2. The van der Waals surface area contributed by atoms with Gasteiger partial charge >= 0.3 is 0 Å². The van der Waals surface area contributed by atoms with Crippen LogP contribution >= 0.6 is 0 Å². The number of benzene rings is 1. The van der Waals surface area contributed by atoms with E-state index in [9.17, 15) is 9.59 Å². The lowest BCUT2D eigenvalue weighted by Gasteiger charge is -2.27. The maximum absolute atomic E-state index is 12.9. The number of nitrogens with zero attached hydrogens (tertiary/aromatic N) is 5. The van der Waals surface area contributed by atoms with Crippen molar-refractivity contribution in [3.8, 4) is 22.8 Å². The molecule has 1 aromatic heterocycles. The third-order valence-electron chi connectivity index (χ3n) is 5.99. The molecule has 0 spiro atoms. The van der Waals surface area contributed by atoms with Crippen molar-refractivity contribution in [1.29, 1.82) is 0 Å². The average molecular weight is 482 g/mol. The van der Waals surface area contributed by atoms with Crippen molar-refractivity contribution in [2.24, 2.45) is 5.92 Å². The smallest absolute Gasteiger partial charge is 0.242 e. The van der Waals surface area contributed by atoms with Gasteiger partial charge in [0.1, 0.15) is 18.0 Å².